The topological polar surface area (TPSA) is 149 Å². The van der Waals surface area contributed by atoms with Gasteiger partial charge in [0.1, 0.15) is 0 Å². The van der Waals surface area contributed by atoms with Crippen LogP contribution in [-0.2, 0) is 45.0 Å². The molecule has 0 radical (unpaired) electrons. The molecule has 0 heterocycles. The molecular weight excluding hydrogens is 499 g/mol. The molecule has 0 bridgehead atoms. The van der Waals surface area contributed by atoms with E-state index in [9.17, 15) is 19.2 Å². The van der Waals surface area contributed by atoms with Gasteiger partial charge in [-0.3, -0.25) is 19.2 Å². The van der Waals surface area contributed by atoms with Gasteiger partial charge in [0, 0.05) is 51.5 Å². The molecule has 0 aliphatic heterocycles. The van der Waals surface area contributed by atoms with Gasteiger partial charge in [0.2, 0.25) is 0 Å². The molecule has 0 atom stereocenters. The Bertz CT molecular complexity index is 268. The van der Waals surface area contributed by atoms with Crippen molar-refractivity contribution >= 4 is 23.9 Å². The maximum absolute atomic E-state index is 9.60. The summed E-state index contributed by atoms with van der Waals surface area (Å²) in [4.78, 5) is 38.4. The molecule has 0 aliphatic rings. The molecular formula is C16H32HfO8. The summed E-state index contributed by atoms with van der Waals surface area (Å²) >= 11 is 0. The van der Waals surface area contributed by atoms with E-state index < -0.39 is 23.9 Å². The molecule has 0 fully saturated rings. The van der Waals surface area contributed by atoms with Crippen LogP contribution in [0.25, 0.3) is 0 Å². The Hall–Kier alpha value is -1.25. The maximum atomic E-state index is 9.60. The van der Waals surface area contributed by atoms with E-state index in [1.54, 1.807) is 0 Å². The monoisotopic (exact) mass is 532 g/mol. The van der Waals surface area contributed by atoms with Crippen molar-refractivity contribution in [3.63, 3.8) is 0 Å². The second kappa shape index (κ2) is 30.6. The number of aliphatic carboxylic acids is 4. The van der Waals surface area contributed by atoms with E-state index in [1.165, 1.54) is 0 Å². The third-order valence-electron chi connectivity index (χ3n) is 1.86. The molecule has 0 rings (SSSR count). The van der Waals surface area contributed by atoms with E-state index >= 15 is 0 Å². The Morgan fingerprint density at radius 3 is 0.600 bits per heavy atom. The fourth-order valence-electron chi connectivity index (χ4n) is 0.855. The van der Waals surface area contributed by atoms with Crippen LogP contribution in [0.2, 0.25) is 0 Å². The summed E-state index contributed by atoms with van der Waals surface area (Å²) in [6.45, 7) is 7.37. The minimum absolute atomic E-state index is 0. The van der Waals surface area contributed by atoms with Crippen molar-refractivity contribution in [2.75, 3.05) is 0 Å². The number of carboxylic acids is 4. The van der Waals surface area contributed by atoms with Crippen LogP contribution in [0, 0.1) is 0 Å². The number of hydrogen-bond acceptors (Lipinski definition) is 4. The number of carbonyl (C=O) groups is 4. The normalized spacial score (nSPS) is 7.84. The van der Waals surface area contributed by atoms with Crippen molar-refractivity contribution in [2.45, 2.75) is 79.1 Å². The van der Waals surface area contributed by atoms with Crippen LogP contribution in [0.4, 0.5) is 0 Å². The first-order chi connectivity index (χ1) is 11.1. The summed E-state index contributed by atoms with van der Waals surface area (Å²) in [5.41, 5.74) is 0. The molecule has 4 N–H and O–H groups in total. The van der Waals surface area contributed by atoms with E-state index in [0.717, 1.165) is 25.7 Å². The van der Waals surface area contributed by atoms with E-state index in [0.29, 0.717) is 25.7 Å². The second-order valence-corrected chi connectivity index (χ2v) is 4.57. The SMILES string of the molecule is CCCC(=O)O.CCCC(=O)O.CCCC(=O)O.CCCC(=O)O.[Hf]. The van der Waals surface area contributed by atoms with Gasteiger partial charge < -0.3 is 20.4 Å². The van der Waals surface area contributed by atoms with Gasteiger partial charge in [-0.15, -0.1) is 0 Å². The minimum Gasteiger partial charge on any atom is -0.481 e. The zero-order valence-corrected chi connectivity index (χ0v) is 19.2. The van der Waals surface area contributed by atoms with Gasteiger partial charge in [0.25, 0.3) is 0 Å². The standard InChI is InChI=1S/4C4H8O2.Hf/c4*1-2-3-4(5)6;/h4*2-3H2,1H3,(H,5,6);. The molecule has 0 aliphatic carbocycles. The Morgan fingerprint density at radius 1 is 0.480 bits per heavy atom. The first kappa shape index (κ1) is 35.0. The predicted octanol–water partition coefficient (Wildman–Crippen LogP) is 3.48. The van der Waals surface area contributed by atoms with Crippen LogP contribution in [-0.4, -0.2) is 44.3 Å². The van der Waals surface area contributed by atoms with Crippen LogP contribution in [0.1, 0.15) is 79.1 Å². The maximum Gasteiger partial charge on any atom is 0.303 e. The van der Waals surface area contributed by atoms with Gasteiger partial charge in [0.15, 0.2) is 0 Å². The first-order valence-electron chi connectivity index (χ1n) is 7.95. The Balaban J connectivity index is -0.0000000702. The van der Waals surface area contributed by atoms with Crippen LogP contribution in [0.15, 0.2) is 0 Å². The molecule has 0 saturated carbocycles. The fraction of sp³-hybridized carbons (Fsp3) is 0.750. The summed E-state index contributed by atoms with van der Waals surface area (Å²) in [6.07, 6.45) is 4.09. The molecule has 9 heteroatoms. The molecule has 148 valence electrons. The molecule has 0 spiro atoms. The molecule has 0 aromatic rings. The van der Waals surface area contributed by atoms with Crippen LogP contribution >= 0.6 is 0 Å². The third kappa shape index (κ3) is 84.8. The number of rotatable bonds is 8. The molecule has 25 heavy (non-hydrogen) atoms. The van der Waals surface area contributed by atoms with Crippen molar-refractivity contribution in [3.8, 4) is 0 Å². The zero-order chi connectivity index (χ0) is 20.0. The van der Waals surface area contributed by atoms with E-state index in [-0.39, 0.29) is 25.8 Å². The average molecular weight is 531 g/mol. The summed E-state index contributed by atoms with van der Waals surface area (Å²) in [7, 11) is 0. The van der Waals surface area contributed by atoms with E-state index in [1.807, 2.05) is 27.7 Å². The number of hydrogen-bond donors (Lipinski definition) is 4. The van der Waals surface area contributed by atoms with Gasteiger partial charge in [-0.05, 0) is 25.7 Å². The molecule has 0 amide bonds. The molecule has 0 aromatic heterocycles. The van der Waals surface area contributed by atoms with Crippen molar-refractivity contribution in [1.82, 2.24) is 0 Å². The number of carboxylic acid groups (broad SMARTS) is 4. The van der Waals surface area contributed by atoms with Crippen molar-refractivity contribution < 1.29 is 65.4 Å². The van der Waals surface area contributed by atoms with Crippen LogP contribution in [0.5, 0.6) is 0 Å². The molecule has 0 unspecified atom stereocenters. The fourth-order valence-corrected chi connectivity index (χ4v) is 0.855. The summed E-state index contributed by atoms with van der Waals surface area (Å²) in [5.74, 6) is -2.84. The quantitative estimate of drug-likeness (QED) is 0.348. The smallest absolute Gasteiger partial charge is 0.303 e. The van der Waals surface area contributed by atoms with Gasteiger partial charge in [-0.2, -0.15) is 0 Å². The Morgan fingerprint density at radius 2 is 0.600 bits per heavy atom. The van der Waals surface area contributed by atoms with Crippen LogP contribution in [0.3, 0.4) is 0 Å². The van der Waals surface area contributed by atoms with Gasteiger partial charge in [-0.1, -0.05) is 27.7 Å². The summed E-state index contributed by atoms with van der Waals surface area (Å²) < 4.78 is 0. The second-order valence-electron chi connectivity index (χ2n) is 4.57. The third-order valence-corrected chi connectivity index (χ3v) is 1.86. The predicted molar refractivity (Wildman–Crippen MR) is 90.2 cm³/mol. The molecule has 0 saturated heterocycles. The van der Waals surface area contributed by atoms with E-state index in [4.69, 9.17) is 20.4 Å². The Labute approximate surface area is 168 Å². The minimum atomic E-state index is -0.711. The van der Waals surface area contributed by atoms with Gasteiger partial charge in [0.05, 0.1) is 0 Å². The van der Waals surface area contributed by atoms with Crippen LogP contribution < -0.4 is 0 Å². The average Bonchev–Trinajstić information content (AvgIpc) is 2.39. The van der Waals surface area contributed by atoms with Gasteiger partial charge in [-0.25, -0.2) is 0 Å². The zero-order valence-electron chi connectivity index (χ0n) is 15.6. The molecule has 8 nitrogen and oxygen atoms in total. The van der Waals surface area contributed by atoms with Crippen molar-refractivity contribution in [1.29, 1.82) is 0 Å². The van der Waals surface area contributed by atoms with Gasteiger partial charge >= 0.3 is 23.9 Å². The van der Waals surface area contributed by atoms with E-state index in [2.05, 4.69) is 0 Å². The Kier molecular flexibility index (Phi) is 42.8. The van der Waals surface area contributed by atoms with Crippen molar-refractivity contribution in [3.05, 3.63) is 0 Å². The first-order valence-corrected chi connectivity index (χ1v) is 7.95. The summed E-state index contributed by atoms with van der Waals surface area (Å²) in [6, 6.07) is 0. The molecule has 0 aromatic carbocycles. The van der Waals surface area contributed by atoms with Crippen molar-refractivity contribution in [2.24, 2.45) is 0 Å². The largest absolute Gasteiger partial charge is 0.481 e. The summed E-state index contributed by atoms with van der Waals surface area (Å²) in [5, 5.41) is 31.7.